The van der Waals surface area contributed by atoms with E-state index in [9.17, 15) is 4.39 Å². The van der Waals surface area contributed by atoms with Gasteiger partial charge < -0.3 is 23.9 Å². The van der Waals surface area contributed by atoms with Crippen LogP contribution in [0.3, 0.4) is 0 Å². The third-order valence-electron chi connectivity index (χ3n) is 2.03. The van der Waals surface area contributed by atoms with Crippen LogP contribution in [0.1, 0.15) is 0 Å². The number of hydrogen-bond acceptors (Lipinski definition) is 5. The Morgan fingerprint density at radius 1 is 1.29 bits per heavy atom. The van der Waals surface area contributed by atoms with Gasteiger partial charge in [-0.25, -0.2) is 4.39 Å². The molecule has 5 nitrogen and oxygen atoms in total. The summed E-state index contributed by atoms with van der Waals surface area (Å²) in [6.45, 7) is -0.573. The first-order valence-corrected chi connectivity index (χ1v) is 4.94. The minimum absolute atomic E-state index is 0.0118. The van der Waals surface area contributed by atoms with E-state index in [0.717, 1.165) is 0 Å². The van der Waals surface area contributed by atoms with Crippen molar-refractivity contribution in [3.8, 4) is 11.7 Å². The van der Waals surface area contributed by atoms with Crippen molar-refractivity contribution in [2.24, 2.45) is 0 Å². The quantitative estimate of drug-likeness (QED) is 0.766. The predicted molar refractivity (Wildman–Crippen MR) is 58.5 cm³/mol. The molecule has 2 rings (SSSR count). The van der Waals surface area contributed by atoms with Crippen molar-refractivity contribution in [1.82, 2.24) is 0 Å². The van der Waals surface area contributed by atoms with E-state index in [4.69, 9.17) is 19.2 Å². The zero-order chi connectivity index (χ0) is 12.3. The van der Waals surface area contributed by atoms with E-state index in [1.165, 1.54) is 6.07 Å². The molecule has 0 atom stereocenters. The summed E-state index contributed by atoms with van der Waals surface area (Å²) < 4.78 is 26.7. The summed E-state index contributed by atoms with van der Waals surface area (Å²) in [5.74, 6) is 0.490. The van der Waals surface area contributed by atoms with E-state index in [1.54, 1.807) is 18.2 Å². The van der Waals surface area contributed by atoms with E-state index in [2.05, 4.69) is 4.65 Å². The third-order valence-corrected chi connectivity index (χ3v) is 2.03. The van der Waals surface area contributed by atoms with Crippen LogP contribution in [-0.2, 0) is 0 Å². The molecule has 1 heterocycles. The molecule has 0 fully saturated rings. The molecule has 0 unspecified atom stereocenters. The fraction of sp³-hybridized carbons (Fsp3) is 0.200. The second kappa shape index (κ2) is 5.07. The highest BCUT2D eigenvalue weighted by atomic mass is 19.1. The van der Waals surface area contributed by atoms with Gasteiger partial charge in [0, 0.05) is 11.5 Å². The second-order valence-corrected chi connectivity index (χ2v) is 3.25. The highest BCUT2D eigenvalue weighted by molar-refractivity contribution is 6.33. The SMILES string of the molecule is OB(O)Oc1cc2cc(OCCF)ccc2o1. The molecule has 17 heavy (non-hydrogen) atoms. The summed E-state index contributed by atoms with van der Waals surface area (Å²) in [5, 5.41) is 17.9. The number of benzene rings is 1. The van der Waals surface area contributed by atoms with Crippen molar-refractivity contribution >= 4 is 18.3 Å². The first kappa shape index (κ1) is 11.8. The van der Waals surface area contributed by atoms with Gasteiger partial charge in [0.25, 0.3) is 5.95 Å². The molecule has 7 heteroatoms. The molecular weight excluding hydrogens is 230 g/mol. The maximum Gasteiger partial charge on any atom is 0.709 e. The van der Waals surface area contributed by atoms with Gasteiger partial charge in [-0.05, 0) is 18.2 Å². The van der Waals surface area contributed by atoms with Crippen molar-refractivity contribution < 1.29 is 28.2 Å². The van der Waals surface area contributed by atoms with Crippen LogP contribution < -0.4 is 9.39 Å². The number of ether oxygens (including phenoxy) is 1. The van der Waals surface area contributed by atoms with Gasteiger partial charge in [-0.1, -0.05) is 0 Å². The molecule has 1 aromatic heterocycles. The van der Waals surface area contributed by atoms with Gasteiger partial charge in [0.1, 0.15) is 24.6 Å². The van der Waals surface area contributed by atoms with Crippen LogP contribution in [0.5, 0.6) is 11.7 Å². The van der Waals surface area contributed by atoms with Crippen molar-refractivity contribution in [3.63, 3.8) is 0 Å². The summed E-state index contributed by atoms with van der Waals surface area (Å²) in [4.78, 5) is 0. The largest absolute Gasteiger partial charge is 0.709 e. The lowest BCUT2D eigenvalue weighted by atomic mass is 10.2. The molecule has 0 aliphatic heterocycles. The highest BCUT2D eigenvalue weighted by Gasteiger charge is 2.15. The van der Waals surface area contributed by atoms with E-state index >= 15 is 0 Å². The van der Waals surface area contributed by atoms with Crippen molar-refractivity contribution in [1.29, 1.82) is 0 Å². The zero-order valence-corrected chi connectivity index (χ0v) is 8.80. The molecule has 2 aromatic rings. The molecule has 0 aliphatic rings. The minimum atomic E-state index is -1.93. The van der Waals surface area contributed by atoms with Gasteiger partial charge in [-0.3, -0.25) is 0 Å². The predicted octanol–water partition coefficient (Wildman–Crippen LogP) is 1.13. The molecule has 0 radical (unpaired) electrons. The number of alkyl halides is 1. The maximum absolute atomic E-state index is 11.9. The molecule has 0 bridgehead atoms. The minimum Gasteiger partial charge on any atom is -0.491 e. The number of halogens is 1. The molecule has 0 saturated heterocycles. The van der Waals surface area contributed by atoms with Gasteiger partial charge in [0.15, 0.2) is 0 Å². The summed E-state index contributed by atoms with van der Waals surface area (Å²) in [5.41, 5.74) is 0.508. The number of fused-ring (bicyclic) bond motifs is 1. The Hall–Kier alpha value is -1.73. The molecule has 0 amide bonds. The number of hydrogen-bond donors (Lipinski definition) is 2. The Morgan fingerprint density at radius 2 is 2.12 bits per heavy atom. The fourth-order valence-corrected chi connectivity index (χ4v) is 1.41. The first-order chi connectivity index (χ1) is 8.19. The average molecular weight is 240 g/mol. The smallest absolute Gasteiger partial charge is 0.491 e. The van der Waals surface area contributed by atoms with Gasteiger partial charge >= 0.3 is 7.32 Å². The van der Waals surface area contributed by atoms with E-state index in [-0.39, 0.29) is 12.6 Å². The third kappa shape index (κ3) is 2.89. The highest BCUT2D eigenvalue weighted by Crippen LogP contribution is 2.28. The van der Waals surface area contributed by atoms with Crippen LogP contribution >= 0.6 is 0 Å². The summed E-state index contributed by atoms with van der Waals surface area (Å²) in [6.07, 6.45) is 0. The number of rotatable bonds is 5. The Kier molecular flexibility index (Phi) is 3.50. The fourth-order valence-electron chi connectivity index (χ4n) is 1.41. The molecule has 0 saturated carbocycles. The summed E-state index contributed by atoms with van der Waals surface area (Å²) in [7, 11) is -1.93. The zero-order valence-electron chi connectivity index (χ0n) is 8.80. The van der Waals surface area contributed by atoms with Gasteiger partial charge in [0.2, 0.25) is 0 Å². The molecule has 90 valence electrons. The Bertz CT molecular complexity index is 498. The molecular formula is C10H10BFO5. The summed E-state index contributed by atoms with van der Waals surface area (Å²) in [6, 6.07) is 6.38. The average Bonchev–Trinajstić information content (AvgIpc) is 2.66. The van der Waals surface area contributed by atoms with Gasteiger partial charge in [-0.15, -0.1) is 0 Å². The van der Waals surface area contributed by atoms with E-state index < -0.39 is 14.0 Å². The van der Waals surface area contributed by atoms with Crippen LogP contribution in [0.25, 0.3) is 11.0 Å². The molecule has 0 spiro atoms. The van der Waals surface area contributed by atoms with E-state index in [0.29, 0.717) is 16.7 Å². The first-order valence-electron chi connectivity index (χ1n) is 4.94. The van der Waals surface area contributed by atoms with E-state index in [1.807, 2.05) is 0 Å². The van der Waals surface area contributed by atoms with Crippen LogP contribution in [0, 0.1) is 0 Å². The van der Waals surface area contributed by atoms with Gasteiger partial charge in [-0.2, -0.15) is 0 Å². The second-order valence-electron chi connectivity index (χ2n) is 3.25. The lowest BCUT2D eigenvalue weighted by Gasteiger charge is -2.01. The van der Waals surface area contributed by atoms with Crippen LogP contribution in [0.15, 0.2) is 28.7 Å². The monoisotopic (exact) mass is 240 g/mol. The lowest BCUT2D eigenvalue weighted by Crippen LogP contribution is -2.20. The Balaban J connectivity index is 2.21. The summed E-state index contributed by atoms with van der Waals surface area (Å²) >= 11 is 0. The Morgan fingerprint density at radius 3 is 2.82 bits per heavy atom. The number of furan rings is 1. The molecule has 1 aromatic carbocycles. The lowest BCUT2D eigenvalue weighted by molar-refractivity contribution is 0.257. The topological polar surface area (TPSA) is 72.1 Å². The normalized spacial score (nSPS) is 10.5. The van der Waals surface area contributed by atoms with Crippen molar-refractivity contribution in [2.45, 2.75) is 0 Å². The van der Waals surface area contributed by atoms with Crippen LogP contribution in [0.2, 0.25) is 0 Å². The maximum atomic E-state index is 11.9. The molecule has 0 aliphatic carbocycles. The van der Waals surface area contributed by atoms with Gasteiger partial charge in [0.05, 0.1) is 0 Å². The van der Waals surface area contributed by atoms with Crippen LogP contribution in [-0.4, -0.2) is 30.7 Å². The Labute approximate surface area is 96.5 Å². The van der Waals surface area contributed by atoms with Crippen LogP contribution in [0.4, 0.5) is 4.39 Å². The van der Waals surface area contributed by atoms with Crippen molar-refractivity contribution in [2.75, 3.05) is 13.3 Å². The standard InChI is InChI=1S/C10H10BFO5/c12-3-4-15-8-1-2-9-7(5-8)6-10(16-9)17-11(13)14/h1-2,5-6,13-14H,3-4H2. The van der Waals surface area contributed by atoms with Crippen molar-refractivity contribution in [3.05, 3.63) is 24.3 Å². The molecule has 2 N–H and O–H groups in total.